The minimum atomic E-state index is -0.466. The molecule has 1 amide bonds. The molecule has 1 saturated heterocycles. The standard InChI is InChI=1S/C17H20N4O3S/c1-10-16(25-11(2)18-10)20-17(22)24-8-12-3-4-14-13(7-12)19-15-9-23-6-5-21(14)15/h3-4,7,13-14H,5-6,8-9H2,1-2H3,(H,20,22). The second-order valence-corrected chi connectivity index (χ2v) is 7.42. The number of aliphatic imine (C=N–C) groups is 1. The second-order valence-electron chi connectivity index (χ2n) is 6.22. The Morgan fingerprint density at radius 3 is 3.20 bits per heavy atom. The predicted octanol–water partition coefficient (Wildman–Crippen LogP) is 2.29. The first-order valence-corrected chi connectivity index (χ1v) is 9.09. The van der Waals surface area contributed by atoms with Crippen molar-refractivity contribution in [2.24, 2.45) is 4.99 Å². The van der Waals surface area contributed by atoms with Crippen molar-refractivity contribution >= 4 is 28.3 Å². The molecule has 3 aliphatic rings. The van der Waals surface area contributed by atoms with E-state index in [9.17, 15) is 4.79 Å². The number of nitrogens with zero attached hydrogens (tertiary/aromatic N) is 3. The van der Waals surface area contributed by atoms with Crippen molar-refractivity contribution in [1.82, 2.24) is 9.88 Å². The lowest BCUT2D eigenvalue weighted by Crippen LogP contribution is -2.45. The highest BCUT2D eigenvalue weighted by Crippen LogP contribution is 2.27. The third kappa shape index (κ3) is 3.32. The summed E-state index contributed by atoms with van der Waals surface area (Å²) in [5.74, 6) is 1.01. The summed E-state index contributed by atoms with van der Waals surface area (Å²) in [5, 5.41) is 4.39. The van der Waals surface area contributed by atoms with E-state index in [1.54, 1.807) is 0 Å². The normalized spacial score (nSPS) is 24.3. The second kappa shape index (κ2) is 6.61. The number of ether oxygens (including phenoxy) is 2. The van der Waals surface area contributed by atoms with E-state index in [1.165, 1.54) is 11.3 Å². The smallest absolute Gasteiger partial charge is 0.412 e. The molecule has 0 radical (unpaired) electrons. The molecule has 7 nitrogen and oxygen atoms in total. The van der Waals surface area contributed by atoms with Crippen molar-refractivity contribution < 1.29 is 14.3 Å². The van der Waals surface area contributed by atoms with Gasteiger partial charge in [-0.3, -0.25) is 10.3 Å². The molecule has 0 aromatic carbocycles. The van der Waals surface area contributed by atoms with Crippen LogP contribution in [0.4, 0.5) is 9.80 Å². The van der Waals surface area contributed by atoms with Crippen LogP contribution in [0.5, 0.6) is 0 Å². The number of aryl methyl sites for hydroxylation is 2. The summed E-state index contributed by atoms with van der Waals surface area (Å²) in [7, 11) is 0. The van der Waals surface area contributed by atoms with Crippen LogP contribution in [0.1, 0.15) is 10.7 Å². The van der Waals surface area contributed by atoms with Crippen LogP contribution < -0.4 is 5.32 Å². The van der Waals surface area contributed by atoms with E-state index in [-0.39, 0.29) is 18.7 Å². The molecule has 4 rings (SSSR count). The fourth-order valence-corrected chi connectivity index (χ4v) is 4.08. The van der Waals surface area contributed by atoms with Crippen LogP contribution in [0.25, 0.3) is 0 Å². The first kappa shape index (κ1) is 16.3. The van der Waals surface area contributed by atoms with Gasteiger partial charge in [-0.2, -0.15) is 0 Å². The van der Waals surface area contributed by atoms with E-state index < -0.39 is 6.09 Å². The van der Waals surface area contributed by atoms with Gasteiger partial charge in [-0.1, -0.05) is 18.2 Å². The zero-order chi connectivity index (χ0) is 17.4. The Bertz CT molecular complexity index is 783. The van der Waals surface area contributed by atoms with Gasteiger partial charge in [-0.15, -0.1) is 11.3 Å². The minimum absolute atomic E-state index is 0.0785. The molecule has 1 aromatic rings. The zero-order valence-corrected chi connectivity index (χ0v) is 15.0. The number of hydrogen-bond acceptors (Lipinski definition) is 7. The van der Waals surface area contributed by atoms with E-state index in [2.05, 4.69) is 27.4 Å². The molecule has 25 heavy (non-hydrogen) atoms. The number of thiazole rings is 1. The summed E-state index contributed by atoms with van der Waals surface area (Å²) in [6, 6.07) is 0.342. The molecular formula is C17H20N4O3S. The number of hydrogen-bond donors (Lipinski definition) is 1. The summed E-state index contributed by atoms with van der Waals surface area (Å²) in [4.78, 5) is 23.3. The third-order valence-corrected chi connectivity index (χ3v) is 5.42. The molecule has 0 saturated carbocycles. The van der Waals surface area contributed by atoms with Gasteiger partial charge < -0.3 is 14.4 Å². The van der Waals surface area contributed by atoms with Crippen molar-refractivity contribution in [3.05, 3.63) is 34.5 Å². The lowest BCUT2D eigenvalue weighted by atomic mass is 9.98. The van der Waals surface area contributed by atoms with Crippen molar-refractivity contribution in [3.8, 4) is 0 Å². The Balaban J connectivity index is 1.34. The summed E-state index contributed by atoms with van der Waals surface area (Å²) < 4.78 is 10.8. The number of carbonyl (C=O) groups is 1. The van der Waals surface area contributed by atoms with E-state index in [1.807, 2.05) is 19.9 Å². The molecule has 3 heterocycles. The monoisotopic (exact) mass is 360 g/mol. The number of nitrogens with one attached hydrogen (secondary N) is 1. The number of morpholine rings is 1. The Kier molecular flexibility index (Phi) is 4.30. The van der Waals surface area contributed by atoms with Crippen LogP contribution in [-0.2, 0) is 9.47 Å². The molecule has 1 aromatic heterocycles. The molecule has 0 spiro atoms. The van der Waals surface area contributed by atoms with Crippen LogP contribution in [0.3, 0.4) is 0 Å². The number of rotatable bonds is 3. The molecule has 2 aliphatic heterocycles. The summed E-state index contributed by atoms with van der Waals surface area (Å²) in [6.07, 6.45) is 5.77. The van der Waals surface area contributed by atoms with Gasteiger partial charge in [0.1, 0.15) is 24.1 Å². The van der Waals surface area contributed by atoms with Crippen LogP contribution in [-0.4, -0.2) is 60.3 Å². The number of aromatic nitrogens is 1. The highest BCUT2D eigenvalue weighted by molar-refractivity contribution is 7.16. The Morgan fingerprint density at radius 1 is 1.52 bits per heavy atom. The molecule has 0 bridgehead atoms. The number of amidine groups is 1. The van der Waals surface area contributed by atoms with Crippen LogP contribution in [0.2, 0.25) is 0 Å². The number of carbonyl (C=O) groups excluding carboxylic acids is 1. The summed E-state index contributed by atoms with van der Waals surface area (Å²) in [6.45, 7) is 6.19. The molecule has 1 N–H and O–H groups in total. The predicted molar refractivity (Wildman–Crippen MR) is 96.3 cm³/mol. The molecule has 132 valence electrons. The van der Waals surface area contributed by atoms with Crippen molar-refractivity contribution in [3.63, 3.8) is 0 Å². The Morgan fingerprint density at radius 2 is 2.40 bits per heavy atom. The minimum Gasteiger partial charge on any atom is -0.444 e. The molecule has 1 aliphatic carbocycles. The lowest BCUT2D eigenvalue weighted by molar-refractivity contribution is 0.113. The van der Waals surface area contributed by atoms with E-state index in [0.717, 1.165) is 40.3 Å². The summed E-state index contributed by atoms with van der Waals surface area (Å²) in [5.41, 5.74) is 1.76. The molecular weight excluding hydrogens is 340 g/mol. The van der Waals surface area contributed by atoms with Gasteiger partial charge in [0.25, 0.3) is 0 Å². The van der Waals surface area contributed by atoms with E-state index >= 15 is 0 Å². The fourth-order valence-electron chi connectivity index (χ4n) is 3.28. The SMILES string of the molecule is Cc1nc(C)c(NC(=O)OCC2=CC3N=C4COCCN4C3C=C2)s1. The van der Waals surface area contributed by atoms with Crippen LogP contribution in [0, 0.1) is 13.8 Å². The number of anilines is 1. The van der Waals surface area contributed by atoms with Gasteiger partial charge in [0, 0.05) is 6.54 Å². The van der Waals surface area contributed by atoms with Crippen molar-refractivity contribution in [1.29, 1.82) is 0 Å². The van der Waals surface area contributed by atoms with Crippen molar-refractivity contribution in [2.75, 3.05) is 31.7 Å². The third-order valence-electron chi connectivity index (χ3n) is 4.43. The van der Waals surface area contributed by atoms with Gasteiger partial charge in [0.2, 0.25) is 0 Å². The van der Waals surface area contributed by atoms with Crippen molar-refractivity contribution in [2.45, 2.75) is 25.9 Å². The average molecular weight is 360 g/mol. The number of amides is 1. The maximum Gasteiger partial charge on any atom is 0.412 e. The topological polar surface area (TPSA) is 76.0 Å². The molecule has 8 heteroatoms. The van der Waals surface area contributed by atoms with Gasteiger partial charge >= 0.3 is 6.09 Å². The van der Waals surface area contributed by atoms with E-state index in [4.69, 9.17) is 14.5 Å². The average Bonchev–Trinajstić information content (AvgIpc) is 3.11. The maximum atomic E-state index is 12.0. The quantitative estimate of drug-likeness (QED) is 0.895. The number of fused-ring (bicyclic) bond motifs is 3. The van der Waals surface area contributed by atoms with Crippen LogP contribution >= 0.6 is 11.3 Å². The lowest BCUT2D eigenvalue weighted by Gasteiger charge is -2.32. The van der Waals surface area contributed by atoms with Gasteiger partial charge in [-0.05, 0) is 19.4 Å². The Hall–Kier alpha value is -2.19. The highest BCUT2D eigenvalue weighted by atomic mass is 32.1. The molecule has 2 atom stereocenters. The first-order chi connectivity index (χ1) is 12.1. The van der Waals surface area contributed by atoms with Crippen LogP contribution in [0.15, 0.2) is 28.8 Å². The van der Waals surface area contributed by atoms with Gasteiger partial charge in [0.05, 0.1) is 29.4 Å². The Labute approximate surface area is 150 Å². The highest BCUT2D eigenvalue weighted by Gasteiger charge is 2.36. The molecule has 2 unspecified atom stereocenters. The van der Waals surface area contributed by atoms with E-state index in [0.29, 0.717) is 6.61 Å². The fraction of sp³-hybridized carbons (Fsp3) is 0.471. The van der Waals surface area contributed by atoms with Gasteiger partial charge in [-0.25, -0.2) is 9.78 Å². The molecule has 1 fully saturated rings. The van der Waals surface area contributed by atoms with Gasteiger partial charge in [0.15, 0.2) is 0 Å². The maximum absolute atomic E-state index is 12.0. The zero-order valence-electron chi connectivity index (χ0n) is 14.2. The largest absolute Gasteiger partial charge is 0.444 e. The first-order valence-electron chi connectivity index (χ1n) is 8.28. The summed E-state index contributed by atoms with van der Waals surface area (Å²) >= 11 is 1.44.